The lowest BCUT2D eigenvalue weighted by Gasteiger charge is -2.28. The van der Waals surface area contributed by atoms with Crippen LogP contribution in [0.25, 0.3) is 10.8 Å². The maximum absolute atomic E-state index is 12.9. The molecule has 2 amide bonds. The van der Waals surface area contributed by atoms with Crippen LogP contribution in [0.2, 0.25) is 5.02 Å². The molecule has 1 saturated heterocycles. The lowest BCUT2D eigenvalue weighted by molar-refractivity contribution is -0.142. The van der Waals surface area contributed by atoms with Gasteiger partial charge >= 0.3 is 0 Å². The van der Waals surface area contributed by atoms with Gasteiger partial charge in [-0.3, -0.25) is 9.59 Å². The Balaban J connectivity index is 1.48. The summed E-state index contributed by atoms with van der Waals surface area (Å²) in [6.45, 7) is 3.09. The maximum Gasteiger partial charge on any atom is 0.245 e. The summed E-state index contributed by atoms with van der Waals surface area (Å²) < 4.78 is 28.3. The Bertz CT molecular complexity index is 1140. The maximum atomic E-state index is 12.9. The van der Waals surface area contributed by atoms with Crippen molar-refractivity contribution in [3.05, 3.63) is 53.6 Å². The highest BCUT2D eigenvalue weighted by atomic mass is 35.5. The largest absolute Gasteiger partial charge is 0.333 e. The van der Waals surface area contributed by atoms with E-state index in [-0.39, 0.29) is 16.7 Å². The first-order valence-electron chi connectivity index (χ1n) is 9.72. The zero-order valence-electron chi connectivity index (χ0n) is 16.4. The summed E-state index contributed by atoms with van der Waals surface area (Å²) in [4.78, 5) is 28.6. The van der Waals surface area contributed by atoms with Gasteiger partial charge in [0.15, 0.2) is 0 Å². The standard InChI is InChI=1S/C21H22ClN3O4S/c1-14(20(26)24-9-2-3-10-24)25-11-8-19(21(25)27)23-30(28,29)18-7-5-15-12-17(22)6-4-16(15)13-18/h2-7,12-14,19,23H,8-11H2,1H3/t14-,19?/m0/s1. The number of nitrogens with zero attached hydrogens (tertiary/aromatic N) is 2. The van der Waals surface area contributed by atoms with Crippen molar-refractivity contribution in [1.29, 1.82) is 0 Å². The van der Waals surface area contributed by atoms with Crippen molar-refractivity contribution in [2.75, 3.05) is 19.6 Å². The number of halogens is 1. The molecule has 4 rings (SSSR count). The van der Waals surface area contributed by atoms with E-state index in [1.54, 1.807) is 42.2 Å². The summed E-state index contributed by atoms with van der Waals surface area (Å²) in [7, 11) is -3.90. The molecule has 30 heavy (non-hydrogen) atoms. The Labute approximate surface area is 180 Å². The van der Waals surface area contributed by atoms with E-state index in [4.69, 9.17) is 11.6 Å². The second kappa shape index (κ2) is 8.02. The van der Waals surface area contributed by atoms with Gasteiger partial charge in [0, 0.05) is 24.7 Å². The molecular formula is C21H22ClN3O4S. The molecule has 2 heterocycles. The summed E-state index contributed by atoms with van der Waals surface area (Å²) in [5.74, 6) is -0.510. The molecule has 0 saturated carbocycles. The topological polar surface area (TPSA) is 86.8 Å². The van der Waals surface area contributed by atoms with Crippen LogP contribution < -0.4 is 4.72 Å². The van der Waals surface area contributed by atoms with Gasteiger partial charge in [0.25, 0.3) is 0 Å². The predicted molar refractivity (Wildman–Crippen MR) is 115 cm³/mol. The average Bonchev–Trinajstić information content (AvgIpc) is 3.37. The number of likely N-dealkylation sites (tertiary alicyclic amines) is 1. The second-order valence-electron chi connectivity index (χ2n) is 7.54. The van der Waals surface area contributed by atoms with Crippen LogP contribution in [0.15, 0.2) is 53.4 Å². The monoisotopic (exact) mass is 447 g/mol. The van der Waals surface area contributed by atoms with E-state index in [9.17, 15) is 18.0 Å². The van der Waals surface area contributed by atoms with Crippen molar-refractivity contribution in [1.82, 2.24) is 14.5 Å². The number of rotatable bonds is 5. The minimum atomic E-state index is -3.90. The molecule has 2 atom stereocenters. The van der Waals surface area contributed by atoms with Crippen molar-refractivity contribution in [2.45, 2.75) is 30.3 Å². The van der Waals surface area contributed by atoms with Gasteiger partial charge in [-0.15, -0.1) is 0 Å². The summed E-state index contributed by atoms with van der Waals surface area (Å²) >= 11 is 5.98. The van der Waals surface area contributed by atoms with E-state index in [1.807, 2.05) is 12.2 Å². The molecule has 0 spiro atoms. The van der Waals surface area contributed by atoms with E-state index >= 15 is 0 Å². The third-order valence-electron chi connectivity index (χ3n) is 5.58. The quantitative estimate of drug-likeness (QED) is 0.711. The fraction of sp³-hybridized carbons (Fsp3) is 0.333. The summed E-state index contributed by atoms with van der Waals surface area (Å²) in [6.07, 6.45) is 4.13. The van der Waals surface area contributed by atoms with Gasteiger partial charge in [-0.2, -0.15) is 4.72 Å². The van der Waals surface area contributed by atoms with Gasteiger partial charge in [0.05, 0.1) is 4.90 Å². The number of sulfonamides is 1. The highest BCUT2D eigenvalue weighted by molar-refractivity contribution is 7.89. The van der Waals surface area contributed by atoms with E-state index in [2.05, 4.69) is 4.72 Å². The number of benzene rings is 2. The molecule has 2 aliphatic heterocycles. The van der Waals surface area contributed by atoms with Gasteiger partial charge in [0.1, 0.15) is 12.1 Å². The Kier molecular flexibility index (Phi) is 5.57. The van der Waals surface area contributed by atoms with Crippen LogP contribution in [0, 0.1) is 0 Å². The number of carbonyl (C=O) groups is 2. The molecule has 0 aromatic heterocycles. The van der Waals surface area contributed by atoms with E-state index in [0.717, 1.165) is 10.8 Å². The van der Waals surface area contributed by atoms with Crippen LogP contribution in [-0.4, -0.2) is 61.7 Å². The molecule has 1 fully saturated rings. The van der Waals surface area contributed by atoms with E-state index in [1.165, 1.54) is 11.0 Å². The minimum Gasteiger partial charge on any atom is -0.333 e. The van der Waals surface area contributed by atoms with Crippen molar-refractivity contribution in [3.8, 4) is 0 Å². The molecule has 7 nitrogen and oxygen atoms in total. The predicted octanol–water partition coefficient (Wildman–Crippen LogP) is 2.16. The normalized spacial score (nSPS) is 20.3. The van der Waals surface area contributed by atoms with Gasteiger partial charge in [-0.25, -0.2) is 8.42 Å². The summed E-state index contributed by atoms with van der Waals surface area (Å²) in [5.41, 5.74) is 0. The molecule has 1 N–H and O–H groups in total. The first-order valence-corrected chi connectivity index (χ1v) is 11.6. The average molecular weight is 448 g/mol. The smallest absolute Gasteiger partial charge is 0.245 e. The van der Waals surface area contributed by atoms with Crippen molar-refractivity contribution >= 4 is 44.2 Å². The van der Waals surface area contributed by atoms with Gasteiger partial charge in [0.2, 0.25) is 21.8 Å². The SMILES string of the molecule is C[C@@H](C(=O)N1CC=CC1)N1CCC(NS(=O)(=O)c2ccc3cc(Cl)ccc3c2)C1=O. The van der Waals surface area contributed by atoms with Crippen molar-refractivity contribution in [3.63, 3.8) is 0 Å². The summed E-state index contributed by atoms with van der Waals surface area (Å²) in [5, 5.41) is 2.13. The summed E-state index contributed by atoms with van der Waals surface area (Å²) in [6, 6.07) is 8.42. The highest BCUT2D eigenvalue weighted by Crippen LogP contribution is 2.24. The molecule has 2 aliphatic rings. The van der Waals surface area contributed by atoms with Crippen molar-refractivity contribution < 1.29 is 18.0 Å². The van der Waals surface area contributed by atoms with Gasteiger partial charge in [-0.1, -0.05) is 35.9 Å². The number of carbonyl (C=O) groups excluding carboxylic acids is 2. The number of nitrogens with one attached hydrogen (secondary N) is 1. The Morgan fingerprint density at radius 1 is 1.13 bits per heavy atom. The third-order valence-corrected chi connectivity index (χ3v) is 7.28. The molecule has 9 heteroatoms. The number of hydrogen-bond donors (Lipinski definition) is 1. The lowest BCUT2D eigenvalue weighted by Crippen LogP contribution is -2.49. The van der Waals surface area contributed by atoms with Crippen LogP contribution in [0.4, 0.5) is 0 Å². The highest BCUT2D eigenvalue weighted by Gasteiger charge is 2.40. The van der Waals surface area contributed by atoms with Crippen molar-refractivity contribution in [2.24, 2.45) is 0 Å². The van der Waals surface area contributed by atoms with Gasteiger partial charge in [-0.05, 0) is 48.4 Å². The third kappa shape index (κ3) is 3.95. The fourth-order valence-corrected chi connectivity index (χ4v) is 5.31. The molecular weight excluding hydrogens is 426 g/mol. The minimum absolute atomic E-state index is 0.0795. The van der Waals surface area contributed by atoms with Crippen LogP contribution in [0.3, 0.4) is 0 Å². The molecule has 158 valence electrons. The van der Waals surface area contributed by atoms with Gasteiger partial charge < -0.3 is 9.80 Å². The molecule has 2 aromatic carbocycles. The molecule has 0 aliphatic carbocycles. The van der Waals surface area contributed by atoms with Crippen LogP contribution in [-0.2, 0) is 19.6 Å². The molecule has 2 aromatic rings. The number of amides is 2. The first kappa shape index (κ1) is 20.8. The number of fused-ring (bicyclic) bond motifs is 1. The Hall–Kier alpha value is -2.42. The van der Waals surface area contributed by atoms with E-state index in [0.29, 0.717) is 31.1 Å². The second-order valence-corrected chi connectivity index (χ2v) is 9.69. The zero-order valence-corrected chi connectivity index (χ0v) is 18.0. The number of hydrogen-bond acceptors (Lipinski definition) is 4. The zero-order chi connectivity index (χ0) is 21.5. The van der Waals surface area contributed by atoms with Crippen LogP contribution in [0.1, 0.15) is 13.3 Å². The first-order chi connectivity index (χ1) is 14.3. The Morgan fingerprint density at radius 2 is 1.80 bits per heavy atom. The molecule has 0 bridgehead atoms. The lowest BCUT2D eigenvalue weighted by atomic mass is 10.1. The fourth-order valence-electron chi connectivity index (χ4n) is 3.87. The van der Waals surface area contributed by atoms with Crippen LogP contribution in [0.5, 0.6) is 0 Å². The Morgan fingerprint density at radius 3 is 2.53 bits per heavy atom. The molecule has 1 unspecified atom stereocenters. The molecule has 0 radical (unpaired) electrons. The van der Waals surface area contributed by atoms with E-state index < -0.39 is 22.1 Å². The van der Waals surface area contributed by atoms with Crippen LogP contribution >= 0.6 is 11.6 Å².